The standard InChI is InChI=1S/C25H35Cl3N2O/c1-3-5-13-30(14-6-4-2)15-7-12-29-18-21-16-22(26)10-11-25(21)31-19-20-8-9-23(27)17-24(20)28/h8-11,16-17,29H,3-7,12-15,18-19H2,1-2H3. The van der Waals surface area contributed by atoms with Gasteiger partial charge in [-0.25, -0.2) is 0 Å². The molecule has 6 heteroatoms. The van der Waals surface area contributed by atoms with Crippen molar-refractivity contribution in [2.75, 3.05) is 26.2 Å². The van der Waals surface area contributed by atoms with Gasteiger partial charge in [0.1, 0.15) is 12.4 Å². The molecule has 0 radical (unpaired) electrons. The summed E-state index contributed by atoms with van der Waals surface area (Å²) in [6.07, 6.45) is 6.18. The smallest absolute Gasteiger partial charge is 0.124 e. The van der Waals surface area contributed by atoms with Crippen molar-refractivity contribution in [3.63, 3.8) is 0 Å². The summed E-state index contributed by atoms with van der Waals surface area (Å²) in [5.74, 6) is 0.815. The van der Waals surface area contributed by atoms with Gasteiger partial charge >= 0.3 is 0 Å². The maximum absolute atomic E-state index is 6.27. The number of nitrogens with one attached hydrogen (secondary N) is 1. The highest BCUT2D eigenvalue weighted by Gasteiger charge is 2.08. The molecule has 0 fully saturated rings. The van der Waals surface area contributed by atoms with E-state index in [4.69, 9.17) is 39.5 Å². The zero-order valence-electron chi connectivity index (χ0n) is 18.7. The van der Waals surface area contributed by atoms with Crippen LogP contribution in [0.25, 0.3) is 0 Å². The molecule has 2 aromatic carbocycles. The van der Waals surface area contributed by atoms with Crippen LogP contribution in [0.4, 0.5) is 0 Å². The Kier molecular flexibility index (Phi) is 12.7. The summed E-state index contributed by atoms with van der Waals surface area (Å²) in [6.45, 7) is 10.1. The van der Waals surface area contributed by atoms with Crippen LogP contribution in [0.2, 0.25) is 15.1 Å². The SMILES string of the molecule is CCCCN(CCCC)CCCNCc1cc(Cl)ccc1OCc1ccc(Cl)cc1Cl. The van der Waals surface area contributed by atoms with Gasteiger partial charge < -0.3 is 15.0 Å². The maximum Gasteiger partial charge on any atom is 0.124 e. The minimum Gasteiger partial charge on any atom is -0.489 e. The van der Waals surface area contributed by atoms with E-state index in [0.717, 1.165) is 36.4 Å². The predicted octanol–water partition coefficient (Wildman–Crippen LogP) is 7.61. The van der Waals surface area contributed by atoms with Gasteiger partial charge in [-0.1, -0.05) is 67.6 Å². The highest BCUT2D eigenvalue weighted by molar-refractivity contribution is 6.35. The maximum atomic E-state index is 6.27. The molecule has 0 saturated heterocycles. The van der Waals surface area contributed by atoms with Crippen molar-refractivity contribution in [1.82, 2.24) is 10.2 Å². The Morgan fingerprint density at radius 3 is 2.13 bits per heavy atom. The van der Waals surface area contributed by atoms with Crippen LogP contribution in [0.1, 0.15) is 57.1 Å². The van der Waals surface area contributed by atoms with Gasteiger partial charge in [-0.15, -0.1) is 0 Å². The third-order valence-electron chi connectivity index (χ3n) is 5.22. The van der Waals surface area contributed by atoms with Crippen molar-refractivity contribution in [2.45, 2.75) is 59.1 Å². The Bertz CT molecular complexity index is 777. The lowest BCUT2D eigenvalue weighted by Gasteiger charge is -2.22. The highest BCUT2D eigenvalue weighted by Crippen LogP contribution is 2.26. The van der Waals surface area contributed by atoms with E-state index in [9.17, 15) is 0 Å². The molecule has 0 aliphatic carbocycles. The fraction of sp³-hybridized carbons (Fsp3) is 0.520. The summed E-state index contributed by atoms with van der Waals surface area (Å²) in [7, 11) is 0. The van der Waals surface area contributed by atoms with Gasteiger partial charge in [-0.2, -0.15) is 0 Å². The normalized spacial score (nSPS) is 11.3. The van der Waals surface area contributed by atoms with Gasteiger partial charge in [-0.3, -0.25) is 0 Å². The zero-order chi connectivity index (χ0) is 22.5. The molecule has 31 heavy (non-hydrogen) atoms. The molecular weight excluding hydrogens is 451 g/mol. The number of hydrogen-bond donors (Lipinski definition) is 1. The van der Waals surface area contributed by atoms with E-state index in [0.29, 0.717) is 28.2 Å². The molecule has 172 valence electrons. The van der Waals surface area contributed by atoms with E-state index >= 15 is 0 Å². The summed E-state index contributed by atoms with van der Waals surface area (Å²) in [5.41, 5.74) is 1.95. The first-order valence-corrected chi connectivity index (χ1v) is 12.4. The number of halogens is 3. The van der Waals surface area contributed by atoms with Crippen LogP contribution in [0, 0.1) is 0 Å². The van der Waals surface area contributed by atoms with Crippen molar-refractivity contribution in [3.05, 3.63) is 62.6 Å². The van der Waals surface area contributed by atoms with E-state index in [1.165, 1.54) is 38.8 Å². The molecule has 0 aliphatic heterocycles. The van der Waals surface area contributed by atoms with E-state index in [2.05, 4.69) is 24.1 Å². The third kappa shape index (κ3) is 10.0. The molecule has 0 bridgehead atoms. The minimum atomic E-state index is 0.383. The molecule has 2 aromatic rings. The summed E-state index contributed by atoms with van der Waals surface area (Å²) in [5, 5.41) is 5.48. The van der Waals surface area contributed by atoms with Crippen LogP contribution in [-0.4, -0.2) is 31.1 Å². The van der Waals surface area contributed by atoms with Crippen LogP contribution in [0.5, 0.6) is 5.75 Å². The molecule has 0 unspecified atom stereocenters. The third-order valence-corrected chi connectivity index (χ3v) is 6.04. The average molecular weight is 486 g/mol. The second kappa shape index (κ2) is 15.0. The molecule has 0 aromatic heterocycles. The highest BCUT2D eigenvalue weighted by atomic mass is 35.5. The molecule has 0 amide bonds. The van der Waals surface area contributed by atoms with Gasteiger partial charge in [0.2, 0.25) is 0 Å². The molecule has 3 nitrogen and oxygen atoms in total. The minimum absolute atomic E-state index is 0.383. The molecular formula is C25H35Cl3N2O. The van der Waals surface area contributed by atoms with Crippen LogP contribution >= 0.6 is 34.8 Å². The van der Waals surface area contributed by atoms with E-state index in [1.54, 1.807) is 6.07 Å². The lowest BCUT2D eigenvalue weighted by atomic mass is 10.2. The molecule has 0 saturated carbocycles. The summed E-state index contributed by atoms with van der Waals surface area (Å²) in [6, 6.07) is 11.2. The first-order chi connectivity index (χ1) is 15.0. The Morgan fingerprint density at radius 2 is 1.45 bits per heavy atom. The molecule has 0 spiro atoms. The van der Waals surface area contributed by atoms with Crippen LogP contribution in [0.15, 0.2) is 36.4 Å². The van der Waals surface area contributed by atoms with Crippen LogP contribution in [-0.2, 0) is 13.2 Å². The Hall–Kier alpha value is -0.970. The molecule has 2 rings (SSSR count). The van der Waals surface area contributed by atoms with Crippen molar-refractivity contribution < 1.29 is 4.74 Å². The number of nitrogens with zero attached hydrogens (tertiary/aromatic N) is 1. The monoisotopic (exact) mass is 484 g/mol. The van der Waals surface area contributed by atoms with Crippen molar-refractivity contribution in [3.8, 4) is 5.75 Å². The number of rotatable bonds is 15. The van der Waals surface area contributed by atoms with Gasteiger partial charge in [0.05, 0.1) is 0 Å². The fourth-order valence-electron chi connectivity index (χ4n) is 3.37. The number of unbranched alkanes of at least 4 members (excludes halogenated alkanes) is 2. The van der Waals surface area contributed by atoms with E-state index in [1.807, 2.05) is 30.3 Å². The number of ether oxygens (including phenoxy) is 1. The van der Waals surface area contributed by atoms with Gasteiger partial charge in [0.15, 0.2) is 0 Å². The number of hydrogen-bond acceptors (Lipinski definition) is 3. The van der Waals surface area contributed by atoms with E-state index in [-0.39, 0.29) is 0 Å². The Labute approximate surface area is 203 Å². The Balaban J connectivity index is 1.83. The quantitative estimate of drug-likeness (QED) is 0.263. The first kappa shape index (κ1) is 26.3. The van der Waals surface area contributed by atoms with Crippen molar-refractivity contribution in [1.29, 1.82) is 0 Å². The summed E-state index contributed by atoms with van der Waals surface area (Å²) >= 11 is 18.5. The first-order valence-electron chi connectivity index (χ1n) is 11.3. The largest absolute Gasteiger partial charge is 0.489 e. The number of benzene rings is 2. The van der Waals surface area contributed by atoms with Crippen LogP contribution < -0.4 is 10.1 Å². The molecule has 1 N–H and O–H groups in total. The average Bonchev–Trinajstić information content (AvgIpc) is 2.75. The Morgan fingerprint density at radius 1 is 0.806 bits per heavy atom. The van der Waals surface area contributed by atoms with Gasteiger partial charge in [0, 0.05) is 32.7 Å². The van der Waals surface area contributed by atoms with Gasteiger partial charge in [-0.05, 0) is 75.8 Å². The second-order valence-corrected chi connectivity index (χ2v) is 9.14. The predicted molar refractivity (Wildman–Crippen MR) is 135 cm³/mol. The summed E-state index contributed by atoms with van der Waals surface area (Å²) in [4.78, 5) is 2.60. The van der Waals surface area contributed by atoms with Crippen molar-refractivity contribution >= 4 is 34.8 Å². The zero-order valence-corrected chi connectivity index (χ0v) is 21.0. The second-order valence-electron chi connectivity index (χ2n) is 7.86. The molecule has 0 heterocycles. The molecule has 0 atom stereocenters. The topological polar surface area (TPSA) is 24.5 Å². The van der Waals surface area contributed by atoms with Crippen molar-refractivity contribution in [2.24, 2.45) is 0 Å². The van der Waals surface area contributed by atoms with E-state index < -0.39 is 0 Å². The summed E-state index contributed by atoms with van der Waals surface area (Å²) < 4.78 is 6.05. The fourth-order valence-corrected chi connectivity index (χ4v) is 4.03. The lowest BCUT2D eigenvalue weighted by molar-refractivity contribution is 0.260. The molecule has 0 aliphatic rings. The lowest BCUT2D eigenvalue weighted by Crippen LogP contribution is -2.29. The van der Waals surface area contributed by atoms with Gasteiger partial charge in [0.25, 0.3) is 0 Å². The van der Waals surface area contributed by atoms with Crippen LogP contribution in [0.3, 0.4) is 0 Å².